The average molecular weight is 377 g/mol. The van der Waals surface area contributed by atoms with E-state index < -0.39 is 0 Å². The number of fused-ring (bicyclic) bond motifs is 1. The molecule has 0 saturated carbocycles. The van der Waals surface area contributed by atoms with E-state index in [0.717, 1.165) is 24.5 Å². The number of esters is 1. The molecular weight excluding hydrogens is 354 g/mol. The van der Waals surface area contributed by atoms with Gasteiger partial charge < -0.3 is 19.5 Å². The van der Waals surface area contributed by atoms with Crippen LogP contribution in [-0.4, -0.2) is 38.4 Å². The Bertz CT molecular complexity index is 954. The second kappa shape index (κ2) is 8.31. The van der Waals surface area contributed by atoms with Crippen LogP contribution in [0.5, 0.6) is 11.5 Å². The minimum Gasteiger partial charge on any atom is -0.492 e. The fourth-order valence-electron chi connectivity index (χ4n) is 3.43. The highest BCUT2D eigenvalue weighted by Crippen LogP contribution is 2.23. The van der Waals surface area contributed by atoms with Crippen LogP contribution in [0.15, 0.2) is 66.7 Å². The molecule has 0 spiro atoms. The molecule has 2 atom stereocenters. The van der Waals surface area contributed by atoms with Crippen molar-refractivity contribution in [2.24, 2.45) is 0 Å². The van der Waals surface area contributed by atoms with Crippen LogP contribution in [0.25, 0.3) is 10.8 Å². The van der Waals surface area contributed by atoms with E-state index in [1.165, 1.54) is 17.9 Å². The van der Waals surface area contributed by atoms with Gasteiger partial charge in [-0.05, 0) is 47.2 Å². The lowest BCUT2D eigenvalue weighted by Gasteiger charge is -2.14. The van der Waals surface area contributed by atoms with Crippen LogP contribution >= 0.6 is 0 Å². The molecule has 1 saturated heterocycles. The molecule has 144 valence electrons. The molecule has 2 unspecified atom stereocenters. The van der Waals surface area contributed by atoms with Crippen molar-refractivity contribution in [3.05, 3.63) is 72.3 Å². The van der Waals surface area contributed by atoms with Gasteiger partial charge in [-0.25, -0.2) is 4.79 Å². The average Bonchev–Trinajstić information content (AvgIpc) is 3.19. The zero-order valence-corrected chi connectivity index (χ0v) is 15.8. The van der Waals surface area contributed by atoms with Crippen LogP contribution in [0.3, 0.4) is 0 Å². The molecule has 4 rings (SSSR count). The Morgan fingerprint density at radius 3 is 2.54 bits per heavy atom. The number of ether oxygens (including phenoxy) is 3. The Morgan fingerprint density at radius 1 is 1.00 bits per heavy atom. The van der Waals surface area contributed by atoms with Gasteiger partial charge in [-0.3, -0.25) is 0 Å². The zero-order valence-electron chi connectivity index (χ0n) is 15.8. The molecule has 0 aromatic heterocycles. The van der Waals surface area contributed by atoms with Crippen molar-refractivity contribution in [2.75, 3.05) is 20.3 Å². The Hall–Kier alpha value is -3.05. The van der Waals surface area contributed by atoms with Crippen LogP contribution in [0.2, 0.25) is 0 Å². The van der Waals surface area contributed by atoms with Crippen LogP contribution in [0.4, 0.5) is 0 Å². The molecule has 5 heteroatoms. The highest BCUT2D eigenvalue weighted by Gasteiger charge is 2.26. The summed E-state index contributed by atoms with van der Waals surface area (Å²) in [5, 5.41) is 5.84. The normalized spacial score (nSPS) is 18.8. The summed E-state index contributed by atoms with van der Waals surface area (Å²) < 4.78 is 16.7. The summed E-state index contributed by atoms with van der Waals surface area (Å²) in [5.74, 6) is 1.27. The zero-order chi connectivity index (χ0) is 19.3. The molecule has 0 radical (unpaired) electrons. The van der Waals surface area contributed by atoms with Gasteiger partial charge in [0.25, 0.3) is 0 Å². The number of hydrogen-bond acceptors (Lipinski definition) is 5. The maximum Gasteiger partial charge on any atom is 0.337 e. The maximum atomic E-state index is 11.5. The second-order valence-electron chi connectivity index (χ2n) is 6.92. The summed E-state index contributed by atoms with van der Waals surface area (Å²) >= 11 is 0. The Morgan fingerprint density at radius 2 is 1.75 bits per heavy atom. The van der Waals surface area contributed by atoms with Crippen LogP contribution in [0.1, 0.15) is 16.8 Å². The molecule has 3 aromatic carbocycles. The molecule has 3 aromatic rings. The lowest BCUT2D eigenvalue weighted by Crippen LogP contribution is -2.28. The van der Waals surface area contributed by atoms with E-state index in [1.54, 1.807) is 24.3 Å². The summed E-state index contributed by atoms with van der Waals surface area (Å²) in [4.78, 5) is 11.5. The van der Waals surface area contributed by atoms with E-state index >= 15 is 0 Å². The first-order valence-electron chi connectivity index (χ1n) is 9.41. The molecule has 5 nitrogen and oxygen atoms in total. The van der Waals surface area contributed by atoms with E-state index in [4.69, 9.17) is 14.2 Å². The summed E-state index contributed by atoms with van der Waals surface area (Å²) in [5.41, 5.74) is 0.512. The van der Waals surface area contributed by atoms with E-state index in [0.29, 0.717) is 12.2 Å². The summed E-state index contributed by atoms with van der Waals surface area (Å²) in [6.45, 7) is 1.34. The lowest BCUT2D eigenvalue weighted by atomic mass is 10.1. The summed E-state index contributed by atoms with van der Waals surface area (Å²) in [6.07, 6.45) is 1.00. The molecule has 0 amide bonds. The number of carbonyl (C=O) groups excluding carboxylic acids is 1. The molecule has 1 fully saturated rings. The fraction of sp³-hybridized carbons (Fsp3) is 0.261. The fourth-order valence-corrected chi connectivity index (χ4v) is 3.43. The molecular formula is C23H23NO4. The standard InChI is InChI=1S/C23H23NO4/c1-26-23(25)17-7-9-20(10-8-17)27-15-19-13-22(14-24-19)28-21-11-6-16-4-2-3-5-18(16)12-21/h2-12,19,22,24H,13-15H2,1H3. The molecule has 28 heavy (non-hydrogen) atoms. The number of methoxy groups -OCH3 is 1. The highest BCUT2D eigenvalue weighted by molar-refractivity contribution is 5.89. The largest absolute Gasteiger partial charge is 0.492 e. The number of hydrogen-bond donors (Lipinski definition) is 1. The third-order valence-corrected chi connectivity index (χ3v) is 4.93. The number of benzene rings is 3. The smallest absolute Gasteiger partial charge is 0.337 e. The quantitative estimate of drug-likeness (QED) is 0.662. The molecule has 0 aliphatic carbocycles. The minimum atomic E-state index is -0.349. The first-order valence-corrected chi connectivity index (χ1v) is 9.41. The molecule has 0 bridgehead atoms. The predicted molar refractivity (Wildman–Crippen MR) is 108 cm³/mol. The topological polar surface area (TPSA) is 56.8 Å². The van der Waals surface area contributed by atoms with Gasteiger partial charge in [0.1, 0.15) is 24.2 Å². The third-order valence-electron chi connectivity index (χ3n) is 4.93. The highest BCUT2D eigenvalue weighted by atomic mass is 16.5. The van der Waals surface area contributed by atoms with Crippen molar-refractivity contribution >= 4 is 16.7 Å². The van der Waals surface area contributed by atoms with Gasteiger partial charge in [-0.1, -0.05) is 30.3 Å². The van der Waals surface area contributed by atoms with Crippen molar-refractivity contribution < 1.29 is 19.0 Å². The first-order chi connectivity index (χ1) is 13.7. The van der Waals surface area contributed by atoms with Gasteiger partial charge in [0.05, 0.1) is 12.7 Å². The number of carbonyl (C=O) groups is 1. The van der Waals surface area contributed by atoms with Crippen molar-refractivity contribution in [1.82, 2.24) is 5.32 Å². The van der Waals surface area contributed by atoms with Crippen molar-refractivity contribution in [1.29, 1.82) is 0 Å². The third kappa shape index (κ3) is 4.26. The van der Waals surface area contributed by atoms with Gasteiger partial charge in [0, 0.05) is 19.0 Å². The minimum absolute atomic E-state index is 0.122. The van der Waals surface area contributed by atoms with Crippen LogP contribution in [0, 0.1) is 0 Å². The lowest BCUT2D eigenvalue weighted by molar-refractivity contribution is 0.0600. The monoisotopic (exact) mass is 377 g/mol. The second-order valence-corrected chi connectivity index (χ2v) is 6.92. The van der Waals surface area contributed by atoms with Crippen molar-refractivity contribution in [2.45, 2.75) is 18.6 Å². The van der Waals surface area contributed by atoms with Gasteiger partial charge >= 0.3 is 5.97 Å². The van der Waals surface area contributed by atoms with Crippen molar-refractivity contribution in [3.63, 3.8) is 0 Å². The maximum absolute atomic E-state index is 11.5. The van der Waals surface area contributed by atoms with Gasteiger partial charge in [0.2, 0.25) is 0 Å². The van der Waals surface area contributed by atoms with Gasteiger partial charge in [0.15, 0.2) is 0 Å². The SMILES string of the molecule is COC(=O)c1ccc(OCC2CC(Oc3ccc4ccccc4c3)CN2)cc1. The van der Waals surface area contributed by atoms with E-state index in [2.05, 4.69) is 29.6 Å². The van der Waals surface area contributed by atoms with Crippen LogP contribution in [-0.2, 0) is 4.74 Å². The van der Waals surface area contributed by atoms with Gasteiger partial charge in [-0.2, -0.15) is 0 Å². The summed E-state index contributed by atoms with van der Waals surface area (Å²) in [7, 11) is 1.37. The first kappa shape index (κ1) is 18.3. The van der Waals surface area contributed by atoms with Crippen LogP contribution < -0.4 is 14.8 Å². The van der Waals surface area contributed by atoms with Gasteiger partial charge in [-0.15, -0.1) is 0 Å². The molecule has 1 N–H and O–H groups in total. The molecule has 1 aliphatic rings. The number of rotatable bonds is 6. The predicted octanol–water partition coefficient (Wildman–Crippen LogP) is 3.81. The Balaban J connectivity index is 1.28. The van der Waals surface area contributed by atoms with E-state index in [-0.39, 0.29) is 18.1 Å². The molecule has 1 aliphatic heterocycles. The summed E-state index contributed by atoms with van der Waals surface area (Å²) in [6, 6.07) is 21.7. The Labute approximate surface area is 164 Å². The van der Waals surface area contributed by atoms with E-state index in [1.807, 2.05) is 18.2 Å². The number of nitrogens with one attached hydrogen (secondary N) is 1. The Kier molecular flexibility index (Phi) is 5.44. The molecule has 1 heterocycles. The van der Waals surface area contributed by atoms with Crippen molar-refractivity contribution in [3.8, 4) is 11.5 Å². The van der Waals surface area contributed by atoms with E-state index in [9.17, 15) is 4.79 Å².